The Labute approximate surface area is 87.3 Å². The average molecular weight is 206 g/mol. The number of nitrogens with zero attached hydrogens (tertiary/aromatic N) is 2. The zero-order valence-electron chi connectivity index (χ0n) is 8.48. The van der Waals surface area contributed by atoms with E-state index in [0.29, 0.717) is 17.9 Å². The van der Waals surface area contributed by atoms with Crippen molar-refractivity contribution < 1.29 is 14.3 Å². The molecule has 1 heterocycles. The number of pyridine rings is 1. The van der Waals surface area contributed by atoms with Crippen molar-refractivity contribution in [2.45, 2.75) is 6.92 Å². The van der Waals surface area contributed by atoms with Crippen LogP contribution in [0.1, 0.15) is 23.0 Å². The van der Waals surface area contributed by atoms with E-state index in [1.165, 1.54) is 19.4 Å². The average Bonchev–Trinajstić information content (AvgIpc) is 2.28. The zero-order chi connectivity index (χ0) is 11.3. The molecule has 0 aliphatic rings. The van der Waals surface area contributed by atoms with Gasteiger partial charge < -0.3 is 9.47 Å². The molecular weight excluding hydrogens is 196 g/mol. The van der Waals surface area contributed by atoms with Crippen LogP contribution in [0.5, 0.6) is 5.75 Å². The van der Waals surface area contributed by atoms with Crippen molar-refractivity contribution in [2.24, 2.45) is 0 Å². The van der Waals surface area contributed by atoms with Gasteiger partial charge in [-0.15, -0.1) is 0 Å². The lowest BCUT2D eigenvalue weighted by atomic mass is 10.2. The highest BCUT2D eigenvalue weighted by molar-refractivity contribution is 5.87. The lowest BCUT2D eigenvalue weighted by molar-refractivity contribution is 0.0593. The minimum Gasteiger partial charge on any atom is -0.492 e. The molecule has 0 N–H and O–H groups in total. The van der Waals surface area contributed by atoms with Crippen molar-refractivity contribution in [3.63, 3.8) is 0 Å². The minimum absolute atomic E-state index is 0.125. The lowest BCUT2D eigenvalue weighted by Crippen LogP contribution is -2.06. The summed E-state index contributed by atoms with van der Waals surface area (Å²) in [5.41, 5.74) is 0.421. The number of rotatable bonds is 3. The highest BCUT2D eigenvalue weighted by Gasteiger charge is 2.11. The summed E-state index contributed by atoms with van der Waals surface area (Å²) in [7, 11) is 1.27. The molecule has 0 radical (unpaired) electrons. The third-order valence-corrected chi connectivity index (χ3v) is 1.68. The molecule has 15 heavy (non-hydrogen) atoms. The van der Waals surface area contributed by atoms with E-state index in [1.807, 2.05) is 6.07 Å². The maximum Gasteiger partial charge on any atom is 0.356 e. The van der Waals surface area contributed by atoms with Crippen molar-refractivity contribution in [1.29, 1.82) is 5.26 Å². The fourth-order valence-electron chi connectivity index (χ4n) is 1.01. The Bertz CT molecular complexity index is 410. The molecule has 5 heteroatoms. The Morgan fingerprint density at radius 2 is 2.40 bits per heavy atom. The number of hydrogen-bond acceptors (Lipinski definition) is 5. The summed E-state index contributed by atoms with van der Waals surface area (Å²) in [4.78, 5) is 14.9. The predicted molar refractivity (Wildman–Crippen MR) is 51.5 cm³/mol. The van der Waals surface area contributed by atoms with Gasteiger partial charge in [0.05, 0.1) is 13.7 Å². The van der Waals surface area contributed by atoms with Gasteiger partial charge in [0.1, 0.15) is 17.4 Å². The molecule has 1 aromatic heterocycles. The first-order valence-corrected chi connectivity index (χ1v) is 4.34. The van der Waals surface area contributed by atoms with Crippen molar-refractivity contribution in [3.05, 3.63) is 23.5 Å². The predicted octanol–water partition coefficient (Wildman–Crippen LogP) is 1.14. The zero-order valence-corrected chi connectivity index (χ0v) is 8.48. The molecule has 0 amide bonds. The number of aromatic nitrogens is 1. The number of ether oxygens (including phenoxy) is 2. The fourth-order valence-corrected chi connectivity index (χ4v) is 1.01. The Hall–Kier alpha value is -2.09. The topological polar surface area (TPSA) is 72.2 Å². The standard InChI is InChI=1S/C10H10N2O3/c1-3-15-9-4-8(10(13)14-2)12-6-7(9)5-11/h4,6H,3H2,1-2H3. The third-order valence-electron chi connectivity index (χ3n) is 1.68. The van der Waals surface area contributed by atoms with E-state index < -0.39 is 5.97 Å². The largest absolute Gasteiger partial charge is 0.492 e. The monoisotopic (exact) mass is 206 g/mol. The van der Waals surface area contributed by atoms with E-state index in [9.17, 15) is 4.79 Å². The van der Waals surface area contributed by atoms with Gasteiger partial charge in [-0.25, -0.2) is 9.78 Å². The number of nitriles is 1. The number of methoxy groups -OCH3 is 1. The first-order chi connectivity index (χ1) is 7.22. The van der Waals surface area contributed by atoms with Crippen LogP contribution in [0, 0.1) is 11.3 Å². The first-order valence-electron chi connectivity index (χ1n) is 4.34. The molecule has 0 bridgehead atoms. The molecule has 0 atom stereocenters. The molecule has 0 saturated heterocycles. The molecule has 0 aromatic carbocycles. The van der Waals surface area contributed by atoms with Gasteiger partial charge in [0.2, 0.25) is 0 Å². The maximum atomic E-state index is 11.1. The van der Waals surface area contributed by atoms with Crippen LogP contribution in [-0.4, -0.2) is 24.7 Å². The second kappa shape index (κ2) is 4.96. The summed E-state index contributed by atoms with van der Waals surface area (Å²) in [5.74, 6) is -0.212. The summed E-state index contributed by atoms with van der Waals surface area (Å²) < 4.78 is 9.70. The molecule has 0 fully saturated rings. The van der Waals surface area contributed by atoms with Gasteiger partial charge in [0, 0.05) is 12.3 Å². The van der Waals surface area contributed by atoms with Crippen LogP contribution < -0.4 is 4.74 Å². The van der Waals surface area contributed by atoms with Gasteiger partial charge in [-0.2, -0.15) is 5.26 Å². The van der Waals surface area contributed by atoms with E-state index in [-0.39, 0.29) is 5.69 Å². The van der Waals surface area contributed by atoms with Gasteiger partial charge in [0.25, 0.3) is 0 Å². The van der Waals surface area contributed by atoms with Crippen LogP contribution in [-0.2, 0) is 4.74 Å². The van der Waals surface area contributed by atoms with Gasteiger partial charge >= 0.3 is 5.97 Å². The summed E-state index contributed by atoms with van der Waals surface area (Å²) in [5, 5.41) is 8.75. The molecule has 1 aromatic rings. The first kappa shape index (κ1) is 11.0. The van der Waals surface area contributed by atoms with Gasteiger partial charge in [0.15, 0.2) is 5.69 Å². The Morgan fingerprint density at radius 3 is 2.93 bits per heavy atom. The van der Waals surface area contributed by atoms with Crippen molar-refractivity contribution in [2.75, 3.05) is 13.7 Å². The van der Waals surface area contributed by atoms with E-state index in [4.69, 9.17) is 10.00 Å². The third kappa shape index (κ3) is 2.44. The van der Waals surface area contributed by atoms with E-state index in [0.717, 1.165) is 0 Å². The fraction of sp³-hybridized carbons (Fsp3) is 0.300. The highest BCUT2D eigenvalue weighted by Crippen LogP contribution is 2.18. The summed E-state index contributed by atoms with van der Waals surface area (Å²) in [6.07, 6.45) is 1.29. The van der Waals surface area contributed by atoms with Crippen molar-refractivity contribution in [3.8, 4) is 11.8 Å². The Kier molecular flexibility index (Phi) is 3.63. The number of carbonyl (C=O) groups is 1. The molecule has 0 aliphatic heterocycles. The van der Waals surface area contributed by atoms with Gasteiger partial charge in [-0.05, 0) is 6.92 Å². The van der Waals surface area contributed by atoms with Crippen LogP contribution in [0.3, 0.4) is 0 Å². The van der Waals surface area contributed by atoms with E-state index >= 15 is 0 Å². The number of carbonyl (C=O) groups excluding carboxylic acids is 1. The second-order valence-corrected chi connectivity index (χ2v) is 2.60. The summed E-state index contributed by atoms with van der Waals surface area (Å²) in [6, 6.07) is 3.32. The number of esters is 1. The van der Waals surface area contributed by atoms with E-state index in [1.54, 1.807) is 6.92 Å². The molecule has 0 unspecified atom stereocenters. The minimum atomic E-state index is -0.555. The van der Waals surface area contributed by atoms with Crippen LogP contribution in [0.25, 0.3) is 0 Å². The Morgan fingerprint density at radius 1 is 1.67 bits per heavy atom. The normalized spacial score (nSPS) is 9.13. The molecule has 0 spiro atoms. The molecule has 0 aliphatic carbocycles. The van der Waals surface area contributed by atoms with Crippen LogP contribution in [0.4, 0.5) is 0 Å². The molecule has 0 saturated carbocycles. The maximum absolute atomic E-state index is 11.1. The molecule has 78 valence electrons. The van der Waals surface area contributed by atoms with Crippen molar-refractivity contribution >= 4 is 5.97 Å². The van der Waals surface area contributed by atoms with Crippen molar-refractivity contribution in [1.82, 2.24) is 4.98 Å². The van der Waals surface area contributed by atoms with Crippen LogP contribution in [0.15, 0.2) is 12.3 Å². The van der Waals surface area contributed by atoms with E-state index in [2.05, 4.69) is 9.72 Å². The summed E-state index contributed by atoms with van der Waals surface area (Å²) >= 11 is 0. The molecule has 5 nitrogen and oxygen atoms in total. The lowest BCUT2D eigenvalue weighted by Gasteiger charge is -2.05. The van der Waals surface area contributed by atoms with Crippen LogP contribution in [0.2, 0.25) is 0 Å². The Balaban J connectivity index is 3.11. The summed E-state index contributed by atoms with van der Waals surface area (Å²) in [6.45, 7) is 2.21. The van der Waals surface area contributed by atoms with Gasteiger partial charge in [-0.3, -0.25) is 0 Å². The van der Waals surface area contributed by atoms with Gasteiger partial charge in [-0.1, -0.05) is 0 Å². The highest BCUT2D eigenvalue weighted by atomic mass is 16.5. The molecular formula is C10H10N2O3. The number of hydrogen-bond donors (Lipinski definition) is 0. The molecule has 1 rings (SSSR count). The smallest absolute Gasteiger partial charge is 0.356 e. The second-order valence-electron chi connectivity index (χ2n) is 2.60. The SMILES string of the molecule is CCOc1cc(C(=O)OC)ncc1C#N. The van der Waals surface area contributed by atoms with Crippen LogP contribution >= 0.6 is 0 Å². The quantitative estimate of drug-likeness (QED) is 0.693.